The first-order chi connectivity index (χ1) is 3.41. The molecule has 0 saturated heterocycles. The zero-order valence-corrected chi connectivity index (χ0v) is 3.71. The molecular weight excluding hydrogens is 84.1 g/mol. The minimum atomic E-state index is 1.86. The third-order valence-electron chi connectivity index (χ3n) is 0.276. The number of rotatable bonds is 0. The summed E-state index contributed by atoms with van der Waals surface area (Å²) in [6, 6.07) is 0. The lowest BCUT2D eigenvalue weighted by Crippen LogP contribution is -1.46. The van der Waals surface area contributed by atoms with Crippen molar-refractivity contribution in [2.45, 2.75) is 0 Å². The highest BCUT2D eigenvalue weighted by atomic mass is 13.5. The predicted octanol–water partition coefficient (Wildman–Crippen LogP) is 0.417. The Balaban J connectivity index is 3.68. The Morgan fingerprint density at radius 3 is 2.29 bits per heavy atom. The molecule has 0 fully saturated rings. The summed E-state index contributed by atoms with van der Waals surface area (Å²) in [5, 5.41) is 0. The fraction of sp³-hybridized carbons (Fsp3) is 0. The van der Waals surface area contributed by atoms with E-state index in [2.05, 4.69) is 30.6 Å². The monoisotopic (exact) mass is 86.0 g/mol. The van der Waals surface area contributed by atoms with Gasteiger partial charge >= 0.3 is 0 Å². The predicted molar refractivity (Wildman–Crippen MR) is 28.0 cm³/mol. The van der Waals surface area contributed by atoms with Gasteiger partial charge in [-0.15, -0.1) is 0 Å². The molecule has 0 nitrogen and oxygen atoms in total. The van der Waals surface area contributed by atoms with Crippen molar-refractivity contribution in [3.8, 4) is 29.6 Å². The van der Waals surface area contributed by atoms with Crippen molar-refractivity contribution in [1.82, 2.24) is 0 Å². The summed E-state index contributed by atoms with van der Waals surface area (Å²) in [5.74, 6) is 11.0. The van der Waals surface area contributed by atoms with E-state index in [4.69, 9.17) is 6.42 Å². The van der Waals surface area contributed by atoms with Gasteiger partial charge in [-0.3, -0.25) is 23.7 Å². The van der Waals surface area contributed by atoms with E-state index in [0.717, 1.165) is 0 Å². The maximum Gasteiger partial charge on any atom is -0.198 e. The lowest BCUT2D eigenvalue weighted by atomic mass is 10.5. The zero-order valence-electron chi connectivity index (χ0n) is 3.71. The van der Waals surface area contributed by atoms with Crippen LogP contribution in [0.4, 0.5) is 0 Å². The zero-order chi connectivity index (χ0) is 5.54. The van der Waals surface area contributed by atoms with Gasteiger partial charge in [0.25, 0.3) is 0 Å². The molecule has 0 aliphatic heterocycles. The van der Waals surface area contributed by atoms with Crippen LogP contribution in [0, 0.1) is 42.9 Å². The van der Waals surface area contributed by atoms with Crippen LogP contribution in [-0.2, 0) is 0 Å². The van der Waals surface area contributed by atoms with Crippen molar-refractivity contribution in [3.63, 3.8) is 0 Å². The van der Waals surface area contributed by atoms with Crippen LogP contribution in [0.1, 0.15) is 0 Å². The first-order valence-corrected chi connectivity index (χ1v) is 1.60. The highest BCUT2D eigenvalue weighted by Gasteiger charge is 1.21. The first-order valence-electron chi connectivity index (χ1n) is 1.60. The van der Waals surface area contributed by atoms with Crippen molar-refractivity contribution in [2.75, 3.05) is 0 Å². The molecule has 0 rings (SSSR count). The Morgan fingerprint density at radius 2 is 1.86 bits per heavy atom. The highest BCUT2D eigenvalue weighted by molar-refractivity contribution is 5.33. The quantitative estimate of drug-likeness (QED) is 0.296. The molecule has 0 unspecified atom stereocenters. The van der Waals surface area contributed by atoms with Crippen molar-refractivity contribution in [3.05, 3.63) is 13.3 Å². The average Bonchev–Trinajstić information content (AvgIpc) is 1.69. The highest BCUT2D eigenvalue weighted by Crippen LogP contribution is 1.48. The fourth-order valence-electron chi connectivity index (χ4n) is 0.107. The Hall–Kier alpha value is -1.45. The van der Waals surface area contributed by atoms with E-state index in [1.165, 1.54) is 0 Å². The molecule has 0 saturated carbocycles. The van der Waals surface area contributed by atoms with Crippen LogP contribution < -0.4 is 0 Å². The Morgan fingerprint density at radius 1 is 1.14 bits per heavy atom. The van der Waals surface area contributed by atoms with Crippen LogP contribution in [0.15, 0.2) is 0 Å². The molecule has 0 aliphatic rings. The molecule has 7 heavy (non-hydrogen) atoms. The van der Waals surface area contributed by atoms with Gasteiger partial charge in [-0.1, -0.05) is 0 Å². The SMILES string of the molecule is [C-]#CC#CC#C[CH2-]. The number of hydrogen-bond donors (Lipinski definition) is 0. The van der Waals surface area contributed by atoms with Crippen LogP contribution in [-0.4, -0.2) is 0 Å². The van der Waals surface area contributed by atoms with Gasteiger partial charge in [0.05, 0.1) is 0 Å². The Kier molecular flexibility index (Phi) is 3.61. The van der Waals surface area contributed by atoms with Gasteiger partial charge in [0.2, 0.25) is 0 Å². The summed E-state index contributed by atoms with van der Waals surface area (Å²) < 4.78 is 0. The van der Waals surface area contributed by atoms with Gasteiger partial charge < -0.3 is 6.42 Å². The molecular formula is C7H2-2. The molecule has 0 heterocycles. The van der Waals surface area contributed by atoms with Crippen molar-refractivity contribution in [2.24, 2.45) is 0 Å². The molecule has 0 aliphatic carbocycles. The second kappa shape index (κ2) is 4.55. The minimum Gasteiger partial charge on any atom is -0.358 e. The second-order valence-corrected chi connectivity index (χ2v) is 0.677. The Bertz CT molecular complexity index is 182. The molecule has 0 aromatic carbocycles. The largest absolute Gasteiger partial charge is 0.358 e. The van der Waals surface area contributed by atoms with E-state index >= 15 is 0 Å². The van der Waals surface area contributed by atoms with Gasteiger partial charge in [0, 0.05) is 0 Å². The minimum absolute atomic E-state index is 1.86. The summed E-state index contributed by atoms with van der Waals surface area (Å²) in [7, 11) is 0. The summed E-state index contributed by atoms with van der Waals surface area (Å²) in [4.78, 5) is 0. The van der Waals surface area contributed by atoms with Crippen LogP contribution >= 0.6 is 0 Å². The first kappa shape index (κ1) is 5.55. The lowest BCUT2D eigenvalue weighted by Gasteiger charge is -1.72. The van der Waals surface area contributed by atoms with E-state index < -0.39 is 0 Å². The van der Waals surface area contributed by atoms with Crippen LogP contribution in [0.5, 0.6) is 0 Å². The van der Waals surface area contributed by atoms with E-state index in [9.17, 15) is 0 Å². The third-order valence-corrected chi connectivity index (χ3v) is 0.276. The van der Waals surface area contributed by atoms with Gasteiger partial charge in [0.15, 0.2) is 0 Å². The molecule has 0 radical (unpaired) electrons. The van der Waals surface area contributed by atoms with E-state index in [-0.39, 0.29) is 0 Å². The maximum absolute atomic E-state index is 6.27. The summed E-state index contributed by atoms with van der Waals surface area (Å²) in [5.41, 5.74) is 0. The lowest BCUT2D eigenvalue weighted by molar-refractivity contribution is 2.32. The second-order valence-electron chi connectivity index (χ2n) is 0.677. The topological polar surface area (TPSA) is 0 Å². The van der Waals surface area contributed by atoms with E-state index in [1.54, 1.807) is 0 Å². The number of hydrogen-bond acceptors (Lipinski definition) is 0. The standard InChI is InChI=1S/C7H2/c1-3-5-7-6-4-2/h1H2/q-2. The van der Waals surface area contributed by atoms with Crippen molar-refractivity contribution < 1.29 is 0 Å². The van der Waals surface area contributed by atoms with Crippen molar-refractivity contribution in [1.29, 1.82) is 0 Å². The van der Waals surface area contributed by atoms with Gasteiger partial charge in [-0.05, 0) is 0 Å². The molecule has 0 aromatic heterocycles. The molecule has 0 bridgehead atoms. The summed E-state index contributed by atoms with van der Waals surface area (Å²) >= 11 is 0. The molecule has 0 N–H and O–H groups in total. The smallest absolute Gasteiger partial charge is 0.198 e. The molecule has 0 aromatic rings. The van der Waals surface area contributed by atoms with Crippen LogP contribution in [0.2, 0.25) is 0 Å². The average molecular weight is 86.1 g/mol. The summed E-state index contributed by atoms with van der Waals surface area (Å²) in [6.45, 7) is 3.20. The van der Waals surface area contributed by atoms with E-state index in [0.29, 0.717) is 0 Å². The Labute approximate surface area is 43.9 Å². The molecule has 0 spiro atoms. The van der Waals surface area contributed by atoms with Gasteiger partial charge in [0.1, 0.15) is 0 Å². The molecule has 0 heteroatoms. The van der Waals surface area contributed by atoms with Crippen LogP contribution in [0.3, 0.4) is 0 Å². The fourth-order valence-corrected chi connectivity index (χ4v) is 0.107. The van der Waals surface area contributed by atoms with Crippen molar-refractivity contribution >= 4 is 0 Å². The van der Waals surface area contributed by atoms with Gasteiger partial charge in [-0.2, -0.15) is 6.92 Å². The van der Waals surface area contributed by atoms with E-state index in [1.807, 2.05) is 5.92 Å². The molecule has 0 amide bonds. The molecule has 0 atom stereocenters. The third kappa shape index (κ3) is 4.55. The normalized spacial score (nSPS) is 3.29. The summed E-state index contributed by atoms with van der Waals surface area (Å²) in [6.07, 6.45) is 6.27. The van der Waals surface area contributed by atoms with Gasteiger partial charge in [-0.25, -0.2) is 5.92 Å². The molecule has 32 valence electrons. The maximum atomic E-state index is 6.27. The van der Waals surface area contributed by atoms with Crippen LogP contribution in [0.25, 0.3) is 0 Å².